The van der Waals surface area contributed by atoms with Gasteiger partial charge in [0.2, 0.25) is 5.95 Å². The predicted octanol–water partition coefficient (Wildman–Crippen LogP) is 3.64. The number of anilines is 1. The van der Waals surface area contributed by atoms with Crippen molar-refractivity contribution in [2.45, 2.75) is 26.9 Å². The third kappa shape index (κ3) is 4.55. The number of rotatable bonds is 6. The van der Waals surface area contributed by atoms with E-state index in [4.69, 9.17) is 0 Å². The minimum atomic E-state index is -0.235. The second-order valence-corrected chi connectivity index (χ2v) is 7.72. The minimum absolute atomic E-state index is 0.235. The van der Waals surface area contributed by atoms with Gasteiger partial charge in [-0.15, -0.1) is 11.3 Å². The van der Waals surface area contributed by atoms with Crippen LogP contribution in [0.25, 0.3) is 10.2 Å². The van der Waals surface area contributed by atoms with E-state index >= 15 is 0 Å². The third-order valence-electron chi connectivity index (χ3n) is 4.29. The second-order valence-electron chi connectivity index (χ2n) is 6.81. The van der Waals surface area contributed by atoms with Gasteiger partial charge in [-0.05, 0) is 47.5 Å². The van der Waals surface area contributed by atoms with Gasteiger partial charge in [0.25, 0.3) is 5.91 Å². The van der Waals surface area contributed by atoms with Crippen LogP contribution in [0.4, 0.5) is 5.95 Å². The lowest BCUT2D eigenvalue weighted by Crippen LogP contribution is -2.24. The topological polar surface area (TPSA) is 92.7 Å². The highest BCUT2D eigenvalue weighted by Crippen LogP contribution is 2.24. The number of nitrogens with one attached hydrogen (secondary N) is 2. The summed E-state index contributed by atoms with van der Waals surface area (Å²) in [5.41, 5.74) is 5.23. The van der Waals surface area contributed by atoms with E-state index in [1.807, 2.05) is 43.6 Å². The fourth-order valence-electron chi connectivity index (χ4n) is 2.97. The van der Waals surface area contributed by atoms with Gasteiger partial charge in [-0.25, -0.2) is 9.97 Å². The van der Waals surface area contributed by atoms with Gasteiger partial charge >= 0.3 is 0 Å². The summed E-state index contributed by atoms with van der Waals surface area (Å²) >= 11 is 1.46. The molecule has 0 aliphatic rings. The molecule has 0 bridgehead atoms. The molecule has 8 heteroatoms. The first kappa shape index (κ1) is 18.9. The van der Waals surface area contributed by atoms with Crippen molar-refractivity contribution < 1.29 is 4.79 Å². The summed E-state index contributed by atoms with van der Waals surface area (Å²) in [5.74, 6) is 0.182. The van der Waals surface area contributed by atoms with Crippen molar-refractivity contribution in [3.05, 3.63) is 76.3 Å². The monoisotopic (exact) mass is 404 g/mol. The van der Waals surface area contributed by atoms with Crippen LogP contribution in [-0.2, 0) is 13.1 Å². The number of aromatic nitrogens is 4. The van der Waals surface area contributed by atoms with Crippen LogP contribution in [-0.4, -0.2) is 25.8 Å². The molecule has 0 unspecified atom stereocenters. The van der Waals surface area contributed by atoms with Gasteiger partial charge in [0, 0.05) is 37.9 Å². The molecule has 0 saturated heterocycles. The summed E-state index contributed by atoms with van der Waals surface area (Å²) in [6.45, 7) is 4.89. The van der Waals surface area contributed by atoms with Gasteiger partial charge in [-0.2, -0.15) is 0 Å². The molecule has 7 nitrogen and oxygen atoms in total. The Morgan fingerprint density at radius 3 is 2.34 bits per heavy atom. The fraction of sp³-hybridized carbons (Fsp3) is 0.190. The molecule has 29 heavy (non-hydrogen) atoms. The van der Waals surface area contributed by atoms with Gasteiger partial charge in [0.05, 0.1) is 10.2 Å². The zero-order valence-corrected chi connectivity index (χ0v) is 17.0. The molecule has 4 heterocycles. The molecule has 0 aliphatic heterocycles. The Kier molecular flexibility index (Phi) is 5.44. The molecular weight excluding hydrogens is 384 g/mol. The standard InChI is InChI=1S/C21H20N6OS/c1-13-5-15(9-22-7-13)11-24-20(28)18-19-17(3-4-29-19)26-21(27-18)25-12-16-6-14(2)8-23-10-16/h3-10H,11-12H2,1-2H3,(H,24,28)(H,25,26,27). The smallest absolute Gasteiger partial charge is 0.271 e. The number of hydrogen-bond donors (Lipinski definition) is 2. The highest BCUT2D eigenvalue weighted by molar-refractivity contribution is 7.17. The zero-order valence-electron chi connectivity index (χ0n) is 16.1. The van der Waals surface area contributed by atoms with Crippen molar-refractivity contribution in [3.63, 3.8) is 0 Å². The van der Waals surface area contributed by atoms with Crippen LogP contribution in [0.1, 0.15) is 32.7 Å². The SMILES string of the molecule is Cc1cncc(CNC(=O)c2nc(NCc3cncc(C)c3)nc3ccsc23)c1. The Hall–Kier alpha value is -3.39. The molecule has 4 aromatic rings. The van der Waals surface area contributed by atoms with Crippen molar-refractivity contribution >= 4 is 33.4 Å². The molecule has 2 N–H and O–H groups in total. The van der Waals surface area contributed by atoms with Gasteiger partial charge in [0.1, 0.15) is 0 Å². The van der Waals surface area contributed by atoms with E-state index in [1.165, 1.54) is 11.3 Å². The van der Waals surface area contributed by atoms with Crippen molar-refractivity contribution in [2.75, 3.05) is 5.32 Å². The maximum absolute atomic E-state index is 12.8. The number of hydrogen-bond acceptors (Lipinski definition) is 7. The lowest BCUT2D eigenvalue weighted by molar-refractivity contribution is 0.0948. The van der Waals surface area contributed by atoms with Gasteiger partial charge in [0.15, 0.2) is 5.69 Å². The molecule has 0 radical (unpaired) electrons. The number of nitrogens with zero attached hydrogens (tertiary/aromatic N) is 4. The molecule has 0 saturated carbocycles. The van der Waals surface area contributed by atoms with Crippen LogP contribution in [0.2, 0.25) is 0 Å². The van der Waals surface area contributed by atoms with Gasteiger partial charge < -0.3 is 10.6 Å². The Bertz CT molecular complexity index is 1170. The van der Waals surface area contributed by atoms with E-state index in [-0.39, 0.29) is 5.91 Å². The highest BCUT2D eigenvalue weighted by atomic mass is 32.1. The maximum atomic E-state index is 12.8. The molecule has 4 rings (SSSR count). The molecule has 0 fully saturated rings. The molecule has 1 amide bonds. The summed E-state index contributed by atoms with van der Waals surface area (Å²) < 4.78 is 0.771. The molecule has 0 aromatic carbocycles. The average Bonchev–Trinajstić information content (AvgIpc) is 3.18. The number of carbonyl (C=O) groups excluding carboxylic acids is 1. The van der Waals surface area contributed by atoms with Crippen molar-refractivity contribution in [3.8, 4) is 0 Å². The predicted molar refractivity (Wildman–Crippen MR) is 114 cm³/mol. The van der Waals surface area contributed by atoms with Crippen LogP contribution < -0.4 is 10.6 Å². The first-order valence-electron chi connectivity index (χ1n) is 9.17. The lowest BCUT2D eigenvalue weighted by Gasteiger charge is -2.09. The van der Waals surface area contributed by atoms with E-state index in [1.54, 1.807) is 18.6 Å². The Labute approximate surface area is 172 Å². The molecule has 4 aromatic heterocycles. The summed E-state index contributed by atoms with van der Waals surface area (Å²) in [7, 11) is 0. The summed E-state index contributed by atoms with van der Waals surface area (Å²) in [5, 5.41) is 8.04. The summed E-state index contributed by atoms with van der Waals surface area (Å²) in [6, 6.07) is 5.94. The van der Waals surface area contributed by atoms with Crippen LogP contribution >= 0.6 is 11.3 Å². The van der Waals surface area contributed by atoms with E-state index in [2.05, 4.69) is 30.6 Å². The van der Waals surface area contributed by atoms with Crippen molar-refractivity contribution in [2.24, 2.45) is 0 Å². The average molecular weight is 404 g/mol. The van der Waals surface area contributed by atoms with E-state index < -0.39 is 0 Å². The van der Waals surface area contributed by atoms with Crippen LogP contribution in [0, 0.1) is 13.8 Å². The number of aryl methyl sites for hydroxylation is 2. The number of amides is 1. The second kappa shape index (κ2) is 8.32. The van der Waals surface area contributed by atoms with E-state index in [0.29, 0.717) is 24.7 Å². The summed E-state index contributed by atoms with van der Waals surface area (Å²) in [4.78, 5) is 30.2. The van der Waals surface area contributed by atoms with E-state index in [9.17, 15) is 4.79 Å². The van der Waals surface area contributed by atoms with Crippen LogP contribution in [0.15, 0.2) is 48.4 Å². The van der Waals surface area contributed by atoms with E-state index in [0.717, 1.165) is 32.5 Å². The highest BCUT2D eigenvalue weighted by Gasteiger charge is 2.16. The third-order valence-corrected chi connectivity index (χ3v) is 5.20. The number of carbonyl (C=O) groups is 1. The normalized spacial score (nSPS) is 10.8. The number of pyridine rings is 2. The first-order chi connectivity index (χ1) is 14.1. The number of thiophene rings is 1. The Morgan fingerprint density at radius 1 is 0.966 bits per heavy atom. The van der Waals surface area contributed by atoms with Gasteiger partial charge in [-0.1, -0.05) is 12.1 Å². The maximum Gasteiger partial charge on any atom is 0.271 e. The van der Waals surface area contributed by atoms with Crippen LogP contribution in [0.5, 0.6) is 0 Å². The molecule has 0 atom stereocenters. The Morgan fingerprint density at radius 2 is 1.66 bits per heavy atom. The summed E-state index contributed by atoms with van der Waals surface area (Å²) in [6.07, 6.45) is 7.14. The zero-order chi connectivity index (χ0) is 20.2. The van der Waals surface area contributed by atoms with Crippen LogP contribution in [0.3, 0.4) is 0 Å². The molecule has 146 valence electrons. The molecule has 0 aliphatic carbocycles. The van der Waals surface area contributed by atoms with Crippen molar-refractivity contribution in [1.82, 2.24) is 25.3 Å². The quantitative estimate of drug-likeness (QED) is 0.510. The van der Waals surface area contributed by atoms with Gasteiger partial charge in [-0.3, -0.25) is 14.8 Å². The number of fused-ring (bicyclic) bond motifs is 1. The molecular formula is C21H20N6OS. The largest absolute Gasteiger partial charge is 0.350 e. The van der Waals surface area contributed by atoms with Crippen molar-refractivity contribution in [1.29, 1.82) is 0 Å². The first-order valence-corrected chi connectivity index (χ1v) is 10.0. The Balaban J connectivity index is 1.53. The molecule has 0 spiro atoms. The fourth-order valence-corrected chi connectivity index (χ4v) is 3.79. The lowest BCUT2D eigenvalue weighted by atomic mass is 10.2. The minimum Gasteiger partial charge on any atom is -0.350 e.